The minimum Gasteiger partial charge on any atom is -0.396 e. The van der Waals surface area contributed by atoms with Crippen LogP contribution in [0.5, 0.6) is 0 Å². The van der Waals surface area contributed by atoms with E-state index in [0.717, 1.165) is 48.9 Å². The topological polar surface area (TPSA) is 36.4 Å². The van der Waals surface area contributed by atoms with E-state index in [1.54, 1.807) is 18.5 Å². The van der Waals surface area contributed by atoms with E-state index in [0.29, 0.717) is 12.6 Å². The van der Waals surface area contributed by atoms with Gasteiger partial charge < -0.3 is 5.11 Å². The minimum atomic E-state index is -0.146. The first-order chi connectivity index (χ1) is 11.3. The third-order valence-corrected chi connectivity index (χ3v) is 4.63. The summed E-state index contributed by atoms with van der Waals surface area (Å²) in [5.74, 6) is -0.146. The number of hydrogen-bond donors (Lipinski definition) is 1. The van der Waals surface area contributed by atoms with E-state index in [-0.39, 0.29) is 12.4 Å². The zero-order chi connectivity index (χ0) is 16.1. The number of nitrogens with zero attached hydrogens (tertiary/aromatic N) is 2. The molecule has 0 saturated carbocycles. The number of pyridine rings is 1. The molecule has 0 aliphatic carbocycles. The normalized spacial score (nSPS) is 18.4. The van der Waals surface area contributed by atoms with Crippen LogP contribution in [0.3, 0.4) is 0 Å². The second kappa shape index (κ2) is 7.66. The molecule has 2 aromatic rings. The van der Waals surface area contributed by atoms with Crippen LogP contribution in [0.1, 0.15) is 31.2 Å². The molecule has 1 aliphatic rings. The third-order valence-electron chi connectivity index (χ3n) is 4.63. The predicted octanol–water partition coefficient (Wildman–Crippen LogP) is 3.62. The summed E-state index contributed by atoms with van der Waals surface area (Å²) in [4.78, 5) is 6.34. The lowest BCUT2D eigenvalue weighted by Gasteiger charge is -2.24. The Kier molecular flexibility index (Phi) is 5.36. The van der Waals surface area contributed by atoms with Gasteiger partial charge >= 0.3 is 0 Å². The summed E-state index contributed by atoms with van der Waals surface area (Å²) in [7, 11) is 0. The molecule has 0 spiro atoms. The number of likely N-dealkylation sites (tertiary alicyclic amines) is 1. The zero-order valence-electron chi connectivity index (χ0n) is 13.3. The SMILES string of the molecule is OCCCC1CCCN1Cc1ccc(-c2ccncc2)cc1F. The molecule has 23 heavy (non-hydrogen) atoms. The van der Waals surface area contributed by atoms with Gasteiger partial charge in [0.15, 0.2) is 0 Å². The fourth-order valence-corrected chi connectivity index (χ4v) is 3.38. The van der Waals surface area contributed by atoms with Gasteiger partial charge in [-0.1, -0.05) is 12.1 Å². The van der Waals surface area contributed by atoms with Crippen molar-refractivity contribution in [3.05, 3.63) is 54.1 Å². The van der Waals surface area contributed by atoms with Gasteiger partial charge in [-0.3, -0.25) is 9.88 Å². The van der Waals surface area contributed by atoms with Gasteiger partial charge in [0.05, 0.1) is 0 Å². The van der Waals surface area contributed by atoms with E-state index in [9.17, 15) is 4.39 Å². The molecule has 2 heterocycles. The molecule has 1 aliphatic heterocycles. The van der Waals surface area contributed by atoms with Crippen molar-refractivity contribution in [2.24, 2.45) is 0 Å². The molecule has 0 bridgehead atoms. The fraction of sp³-hybridized carbons (Fsp3) is 0.421. The van der Waals surface area contributed by atoms with Crippen LogP contribution in [-0.2, 0) is 6.54 Å². The first kappa shape index (κ1) is 16.1. The maximum Gasteiger partial charge on any atom is 0.128 e. The Balaban J connectivity index is 1.71. The van der Waals surface area contributed by atoms with Crippen LogP contribution in [0.25, 0.3) is 11.1 Å². The van der Waals surface area contributed by atoms with Crippen molar-refractivity contribution in [2.45, 2.75) is 38.3 Å². The summed E-state index contributed by atoms with van der Waals surface area (Å²) in [5, 5.41) is 9.00. The van der Waals surface area contributed by atoms with Crippen LogP contribution >= 0.6 is 0 Å². The Hall–Kier alpha value is -1.78. The molecular weight excluding hydrogens is 291 g/mol. The number of halogens is 1. The third kappa shape index (κ3) is 3.95. The molecule has 1 unspecified atom stereocenters. The molecule has 122 valence electrons. The van der Waals surface area contributed by atoms with Crippen LogP contribution < -0.4 is 0 Å². The molecule has 0 amide bonds. The average molecular weight is 314 g/mol. The molecule has 1 saturated heterocycles. The summed E-state index contributed by atoms with van der Waals surface area (Å²) in [6, 6.07) is 9.74. The van der Waals surface area contributed by atoms with Gasteiger partial charge in [-0.25, -0.2) is 4.39 Å². The molecule has 3 nitrogen and oxygen atoms in total. The molecule has 1 aromatic carbocycles. The molecule has 0 radical (unpaired) electrons. The maximum absolute atomic E-state index is 14.5. The van der Waals surface area contributed by atoms with E-state index >= 15 is 0 Å². The number of hydrogen-bond acceptors (Lipinski definition) is 3. The summed E-state index contributed by atoms with van der Waals surface area (Å²) in [6.45, 7) is 1.90. The molecule has 1 N–H and O–H groups in total. The minimum absolute atomic E-state index is 0.146. The standard InChI is InChI=1S/C19H23FN2O/c20-19-13-16(15-7-9-21-10-8-15)5-6-17(19)14-22-11-1-3-18(22)4-2-12-23/h5-10,13,18,23H,1-4,11-12,14H2. The molecule has 3 rings (SSSR count). The van der Waals surface area contributed by atoms with Crippen LogP contribution in [0.4, 0.5) is 4.39 Å². The summed E-state index contributed by atoms with van der Waals surface area (Å²) < 4.78 is 14.5. The Bertz CT molecular complexity index is 633. The molecule has 1 aromatic heterocycles. The predicted molar refractivity (Wildman–Crippen MR) is 89.4 cm³/mol. The molecule has 4 heteroatoms. The lowest BCUT2D eigenvalue weighted by molar-refractivity contribution is 0.208. The van der Waals surface area contributed by atoms with E-state index in [1.165, 1.54) is 0 Å². The van der Waals surface area contributed by atoms with Gasteiger partial charge in [0.25, 0.3) is 0 Å². The van der Waals surface area contributed by atoms with Crippen molar-refractivity contribution in [3.63, 3.8) is 0 Å². The Morgan fingerprint density at radius 3 is 2.74 bits per heavy atom. The first-order valence-corrected chi connectivity index (χ1v) is 8.31. The lowest BCUT2D eigenvalue weighted by atomic mass is 10.0. The summed E-state index contributed by atoms with van der Waals surface area (Å²) >= 11 is 0. The van der Waals surface area contributed by atoms with E-state index in [2.05, 4.69) is 9.88 Å². The fourth-order valence-electron chi connectivity index (χ4n) is 3.38. The van der Waals surface area contributed by atoms with Gasteiger partial charge in [-0.2, -0.15) is 0 Å². The Labute approximate surface area is 136 Å². The van der Waals surface area contributed by atoms with Gasteiger partial charge in [-0.15, -0.1) is 0 Å². The largest absolute Gasteiger partial charge is 0.396 e. The molecule has 1 atom stereocenters. The van der Waals surface area contributed by atoms with Gasteiger partial charge in [-0.05, 0) is 61.6 Å². The van der Waals surface area contributed by atoms with Crippen molar-refractivity contribution in [1.29, 1.82) is 0 Å². The monoisotopic (exact) mass is 314 g/mol. The quantitative estimate of drug-likeness (QED) is 0.884. The summed E-state index contributed by atoms with van der Waals surface area (Å²) in [6.07, 6.45) is 7.57. The van der Waals surface area contributed by atoms with E-state index in [1.807, 2.05) is 24.3 Å². The van der Waals surface area contributed by atoms with Crippen LogP contribution in [0.15, 0.2) is 42.7 Å². The highest BCUT2D eigenvalue weighted by molar-refractivity contribution is 5.63. The van der Waals surface area contributed by atoms with Crippen molar-refractivity contribution in [3.8, 4) is 11.1 Å². The van der Waals surface area contributed by atoms with Crippen LogP contribution in [0.2, 0.25) is 0 Å². The second-order valence-electron chi connectivity index (χ2n) is 6.17. The van der Waals surface area contributed by atoms with Crippen molar-refractivity contribution < 1.29 is 9.50 Å². The van der Waals surface area contributed by atoms with Gasteiger partial charge in [0.1, 0.15) is 5.82 Å². The molecule has 1 fully saturated rings. The van der Waals surface area contributed by atoms with E-state index < -0.39 is 0 Å². The smallest absolute Gasteiger partial charge is 0.128 e. The highest BCUT2D eigenvalue weighted by Crippen LogP contribution is 2.26. The lowest BCUT2D eigenvalue weighted by Crippen LogP contribution is -2.29. The van der Waals surface area contributed by atoms with Crippen molar-refractivity contribution in [1.82, 2.24) is 9.88 Å². The Morgan fingerprint density at radius 1 is 1.17 bits per heavy atom. The molecular formula is C19H23FN2O. The van der Waals surface area contributed by atoms with E-state index in [4.69, 9.17) is 5.11 Å². The number of aromatic nitrogens is 1. The summed E-state index contributed by atoms with van der Waals surface area (Å²) in [5.41, 5.74) is 2.61. The number of aliphatic hydroxyl groups excluding tert-OH is 1. The Morgan fingerprint density at radius 2 is 2.00 bits per heavy atom. The van der Waals surface area contributed by atoms with Crippen molar-refractivity contribution >= 4 is 0 Å². The number of benzene rings is 1. The van der Waals surface area contributed by atoms with Gasteiger partial charge in [0.2, 0.25) is 0 Å². The van der Waals surface area contributed by atoms with Crippen LogP contribution in [0, 0.1) is 5.82 Å². The maximum atomic E-state index is 14.5. The van der Waals surface area contributed by atoms with Crippen molar-refractivity contribution in [2.75, 3.05) is 13.2 Å². The van der Waals surface area contributed by atoms with Crippen LogP contribution in [-0.4, -0.2) is 34.2 Å². The average Bonchev–Trinajstić information content (AvgIpc) is 3.02. The highest BCUT2D eigenvalue weighted by Gasteiger charge is 2.24. The van der Waals surface area contributed by atoms with Gasteiger partial charge in [0, 0.05) is 37.2 Å². The second-order valence-corrected chi connectivity index (χ2v) is 6.17. The number of rotatable bonds is 6. The zero-order valence-corrected chi connectivity index (χ0v) is 13.3. The first-order valence-electron chi connectivity index (χ1n) is 8.31. The highest BCUT2D eigenvalue weighted by atomic mass is 19.1. The number of aliphatic hydroxyl groups is 1.